The average Bonchev–Trinajstić information content (AvgIpc) is 2.70. The fourth-order valence-corrected chi connectivity index (χ4v) is 3.37. The van der Waals surface area contributed by atoms with Crippen LogP contribution in [0.1, 0.15) is 35.6 Å². The Morgan fingerprint density at radius 1 is 1.07 bits per heavy atom. The highest BCUT2D eigenvalue weighted by atomic mass is 16.6. The highest BCUT2D eigenvalue weighted by molar-refractivity contribution is 5.81. The van der Waals surface area contributed by atoms with E-state index in [4.69, 9.17) is 9.47 Å². The van der Waals surface area contributed by atoms with Crippen LogP contribution in [0.25, 0.3) is 0 Å². The summed E-state index contributed by atoms with van der Waals surface area (Å²) in [7, 11) is 1.77. The molecular formula is C22H25NO4. The van der Waals surface area contributed by atoms with Crippen molar-refractivity contribution < 1.29 is 19.1 Å². The molecule has 27 heavy (non-hydrogen) atoms. The lowest BCUT2D eigenvalue weighted by Gasteiger charge is -2.33. The first-order chi connectivity index (χ1) is 13.0. The molecule has 0 fully saturated rings. The van der Waals surface area contributed by atoms with Crippen LogP contribution in [0, 0.1) is 6.92 Å². The van der Waals surface area contributed by atoms with Crippen molar-refractivity contribution in [2.45, 2.75) is 32.2 Å². The maximum Gasteiger partial charge on any atom is 0.344 e. The molecule has 0 radical (unpaired) electrons. The van der Waals surface area contributed by atoms with Crippen molar-refractivity contribution >= 4 is 11.9 Å². The first-order valence-electron chi connectivity index (χ1n) is 9.23. The summed E-state index contributed by atoms with van der Waals surface area (Å²) < 4.78 is 10.5. The van der Waals surface area contributed by atoms with Gasteiger partial charge in [-0.25, -0.2) is 4.79 Å². The molecule has 0 aromatic heterocycles. The summed E-state index contributed by atoms with van der Waals surface area (Å²) in [5.41, 5.74) is 3.59. The van der Waals surface area contributed by atoms with Crippen molar-refractivity contribution in [1.82, 2.24) is 4.90 Å². The van der Waals surface area contributed by atoms with E-state index in [-0.39, 0.29) is 25.2 Å². The molecule has 3 rings (SSSR count). The van der Waals surface area contributed by atoms with Gasteiger partial charge < -0.3 is 14.4 Å². The van der Waals surface area contributed by atoms with Crippen LogP contribution in [0.3, 0.4) is 0 Å². The van der Waals surface area contributed by atoms with Gasteiger partial charge in [-0.3, -0.25) is 4.79 Å². The largest absolute Gasteiger partial charge is 0.482 e. The number of fused-ring (bicyclic) bond motifs is 1. The van der Waals surface area contributed by atoms with E-state index in [1.807, 2.05) is 31.2 Å². The third-order valence-electron chi connectivity index (χ3n) is 4.93. The van der Waals surface area contributed by atoms with E-state index in [0.29, 0.717) is 5.75 Å². The van der Waals surface area contributed by atoms with E-state index in [2.05, 4.69) is 12.1 Å². The van der Waals surface area contributed by atoms with Gasteiger partial charge in [0.2, 0.25) is 0 Å². The third-order valence-corrected chi connectivity index (χ3v) is 4.93. The molecule has 1 atom stereocenters. The second-order valence-electron chi connectivity index (χ2n) is 6.87. The molecule has 5 nitrogen and oxygen atoms in total. The minimum absolute atomic E-state index is 0.0324. The van der Waals surface area contributed by atoms with Crippen molar-refractivity contribution in [3.63, 3.8) is 0 Å². The number of hydrogen-bond donors (Lipinski definition) is 0. The molecule has 1 amide bonds. The summed E-state index contributed by atoms with van der Waals surface area (Å²) in [6, 6.07) is 15.6. The summed E-state index contributed by atoms with van der Waals surface area (Å²) in [6.45, 7) is 1.49. The number of rotatable bonds is 6. The number of nitrogens with zero attached hydrogens (tertiary/aromatic N) is 1. The molecule has 0 saturated carbocycles. The smallest absolute Gasteiger partial charge is 0.344 e. The Morgan fingerprint density at radius 3 is 2.59 bits per heavy atom. The predicted octanol–water partition coefficient (Wildman–Crippen LogP) is 3.45. The minimum Gasteiger partial charge on any atom is -0.482 e. The summed E-state index contributed by atoms with van der Waals surface area (Å²) in [4.78, 5) is 26.0. The van der Waals surface area contributed by atoms with Crippen LogP contribution in [0.4, 0.5) is 0 Å². The van der Waals surface area contributed by atoms with Gasteiger partial charge in [0, 0.05) is 7.05 Å². The zero-order chi connectivity index (χ0) is 19.2. The zero-order valence-electron chi connectivity index (χ0n) is 15.8. The molecule has 0 spiro atoms. The van der Waals surface area contributed by atoms with Gasteiger partial charge in [0.15, 0.2) is 13.2 Å². The van der Waals surface area contributed by atoms with Gasteiger partial charge in [0.1, 0.15) is 5.75 Å². The Morgan fingerprint density at radius 2 is 1.81 bits per heavy atom. The van der Waals surface area contributed by atoms with Crippen molar-refractivity contribution in [2.24, 2.45) is 0 Å². The van der Waals surface area contributed by atoms with Crippen LogP contribution in [-0.4, -0.2) is 37.0 Å². The number of benzene rings is 2. The number of esters is 1. The zero-order valence-corrected chi connectivity index (χ0v) is 15.8. The molecule has 2 aromatic rings. The standard InChI is InChI=1S/C22H25NO4/c1-16-10-12-18(13-11-16)26-15-22(25)27-14-21(24)23(2)20-9-5-7-17-6-3-4-8-19(17)20/h3-4,6,8,10-13,20H,5,7,9,14-15H2,1-2H3. The Hall–Kier alpha value is -2.82. The van der Waals surface area contributed by atoms with E-state index < -0.39 is 5.97 Å². The molecule has 1 unspecified atom stereocenters. The summed E-state index contributed by atoms with van der Waals surface area (Å²) >= 11 is 0. The topological polar surface area (TPSA) is 55.8 Å². The first-order valence-corrected chi connectivity index (χ1v) is 9.23. The van der Waals surface area contributed by atoms with Crippen LogP contribution < -0.4 is 4.74 Å². The van der Waals surface area contributed by atoms with Gasteiger partial charge in [-0.1, -0.05) is 42.0 Å². The fourth-order valence-electron chi connectivity index (χ4n) is 3.37. The number of amides is 1. The van der Waals surface area contributed by atoms with Crippen LogP contribution in [0.15, 0.2) is 48.5 Å². The van der Waals surface area contributed by atoms with E-state index >= 15 is 0 Å². The highest BCUT2D eigenvalue weighted by Crippen LogP contribution is 2.33. The molecule has 1 aliphatic carbocycles. The molecule has 0 aliphatic heterocycles. The predicted molar refractivity (Wildman–Crippen MR) is 103 cm³/mol. The minimum atomic E-state index is -0.554. The van der Waals surface area contributed by atoms with Crippen molar-refractivity contribution in [3.8, 4) is 5.75 Å². The van der Waals surface area contributed by atoms with Crippen LogP contribution >= 0.6 is 0 Å². The number of carbonyl (C=O) groups is 2. The maximum absolute atomic E-state index is 12.5. The Labute approximate surface area is 159 Å². The summed E-state index contributed by atoms with van der Waals surface area (Å²) in [5.74, 6) is -0.165. The van der Waals surface area contributed by atoms with Crippen LogP contribution in [-0.2, 0) is 20.7 Å². The molecule has 2 aromatic carbocycles. The fraction of sp³-hybridized carbons (Fsp3) is 0.364. The van der Waals surface area contributed by atoms with Crippen LogP contribution in [0.2, 0.25) is 0 Å². The molecule has 0 N–H and O–H groups in total. The number of carbonyl (C=O) groups excluding carboxylic acids is 2. The molecular weight excluding hydrogens is 342 g/mol. The Kier molecular flexibility index (Phi) is 6.12. The molecule has 0 bridgehead atoms. The molecule has 0 saturated heterocycles. The number of likely N-dealkylation sites (N-methyl/N-ethyl adjacent to an activating group) is 1. The molecule has 142 valence electrons. The van der Waals surface area contributed by atoms with Gasteiger partial charge >= 0.3 is 5.97 Å². The van der Waals surface area contributed by atoms with Crippen LogP contribution in [0.5, 0.6) is 5.75 Å². The van der Waals surface area contributed by atoms with Gasteiger partial charge in [0.05, 0.1) is 6.04 Å². The van der Waals surface area contributed by atoms with E-state index in [1.54, 1.807) is 24.1 Å². The van der Waals surface area contributed by atoms with Gasteiger partial charge in [-0.2, -0.15) is 0 Å². The summed E-state index contributed by atoms with van der Waals surface area (Å²) in [5, 5.41) is 0. The van der Waals surface area contributed by atoms with E-state index in [1.165, 1.54) is 11.1 Å². The normalized spacial score (nSPS) is 15.6. The highest BCUT2D eigenvalue weighted by Gasteiger charge is 2.26. The number of hydrogen-bond acceptors (Lipinski definition) is 4. The van der Waals surface area contributed by atoms with Crippen molar-refractivity contribution in [3.05, 3.63) is 65.2 Å². The van der Waals surface area contributed by atoms with E-state index in [9.17, 15) is 9.59 Å². The molecule has 5 heteroatoms. The monoisotopic (exact) mass is 367 g/mol. The number of aryl methyl sites for hydroxylation is 2. The van der Waals surface area contributed by atoms with Crippen molar-refractivity contribution in [1.29, 1.82) is 0 Å². The Balaban J connectivity index is 1.49. The number of ether oxygens (including phenoxy) is 2. The first kappa shape index (κ1) is 19.0. The van der Waals surface area contributed by atoms with Gasteiger partial charge in [-0.05, 0) is 49.4 Å². The average molecular weight is 367 g/mol. The molecule has 0 heterocycles. The van der Waals surface area contributed by atoms with Gasteiger partial charge in [-0.15, -0.1) is 0 Å². The second-order valence-corrected chi connectivity index (χ2v) is 6.87. The van der Waals surface area contributed by atoms with Gasteiger partial charge in [0.25, 0.3) is 5.91 Å². The summed E-state index contributed by atoms with van der Waals surface area (Å²) in [6.07, 6.45) is 3.01. The second kappa shape index (κ2) is 8.71. The lowest BCUT2D eigenvalue weighted by Crippen LogP contribution is -2.36. The SMILES string of the molecule is Cc1ccc(OCC(=O)OCC(=O)N(C)C2CCCc3ccccc32)cc1. The third kappa shape index (κ3) is 4.88. The van der Waals surface area contributed by atoms with E-state index in [0.717, 1.165) is 24.8 Å². The molecule has 1 aliphatic rings. The van der Waals surface area contributed by atoms with Crippen molar-refractivity contribution in [2.75, 3.05) is 20.3 Å². The lowest BCUT2D eigenvalue weighted by molar-refractivity contribution is -0.154. The Bertz CT molecular complexity index is 800. The quantitative estimate of drug-likeness (QED) is 0.734. The maximum atomic E-state index is 12.5. The lowest BCUT2D eigenvalue weighted by atomic mass is 9.87.